The fraction of sp³-hybridized carbons (Fsp3) is 1.00. The van der Waals surface area contributed by atoms with Gasteiger partial charge in [-0.2, -0.15) is 0 Å². The highest BCUT2D eigenvalue weighted by Crippen LogP contribution is 2.48. The van der Waals surface area contributed by atoms with Gasteiger partial charge in [-0.15, -0.1) is 0 Å². The summed E-state index contributed by atoms with van der Waals surface area (Å²) in [6.45, 7) is -0.00722. The molecule has 0 aromatic carbocycles. The molecule has 2 aliphatic heterocycles. The number of hydrogen-bond donors (Lipinski definition) is 2. The lowest BCUT2D eigenvalue weighted by molar-refractivity contribution is 0.0892. The summed E-state index contributed by atoms with van der Waals surface area (Å²) in [5.41, 5.74) is -0.342. The van der Waals surface area contributed by atoms with Crippen molar-refractivity contribution in [2.75, 3.05) is 6.61 Å². The van der Waals surface area contributed by atoms with E-state index >= 15 is 0 Å². The summed E-state index contributed by atoms with van der Waals surface area (Å²) in [6, 6.07) is -0.665. The Balaban J connectivity index is 2.02. The third-order valence-corrected chi connectivity index (χ3v) is 2.86. The number of aliphatic hydroxyl groups is 1. The minimum atomic E-state index is -2.28. The summed E-state index contributed by atoms with van der Waals surface area (Å²) < 4.78 is 24.4. The second-order valence-corrected chi connectivity index (χ2v) is 3.61. The smallest absolute Gasteiger partial charge is 0.253 e. The Kier molecular flexibility index (Phi) is 1.44. The number of aliphatic hydroxyl groups excluding tert-OH is 1. The Morgan fingerprint density at radius 2 is 2.18 bits per heavy atom. The summed E-state index contributed by atoms with van der Waals surface area (Å²) in [6.07, 6.45) is -0.840. The van der Waals surface area contributed by atoms with Gasteiger partial charge in [0.15, 0.2) is 0 Å². The van der Waals surface area contributed by atoms with E-state index < -0.39 is 12.5 Å². The number of fused-ring (bicyclic) bond motifs is 1. The fourth-order valence-corrected chi connectivity index (χ4v) is 2.23. The van der Waals surface area contributed by atoms with Crippen molar-refractivity contribution in [3.8, 4) is 0 Å². The van der Waals surface area contributed by atoms with E-state index in [0.717, 1.165) is 12.8 Å². The molecule has 64 valence electrons. The Labute approximate surface area is 63.6 Å². The normalized spacial score (nSPS) is 48.0. The molecular formula is C7H11F2NO. The van der Waals surface area contributed by atoms with Gasteiger partial charge in [-0.05, 0) is 18.8 Å². The second-order valence-electron chi connectivity index (χ2n) is 3.61. The molecule has 1 atom stereocenters. The Hall–Kier alpha value is -0.220. The summed E-state index contributed by atoms with van der Waals surface area (Å²) in [7, 11) is 0. The molecule has 3 aliphatic rings. The van der Waals surface area contributed by atoms with Crippen LogP contribution in [0.2, 0.25) is 0 Å². The van der Waals surface area contributed by atoms with Crippen molar-refractivity contribution in [3.63, 3.8) is 0 Å². The molecule has 1 unspecified atom stereocenters. The summed E-state index contributed by atoms with van der Waals surface area (Å²) in [4.78, 5) is 0. The predicted molar refractivity (Wildman–Crippen MR) is 35.5 cm³/mol. The Bertz CT molecular complexity index is 168. The molecule has 4 heteroatoms. The van der Waals surface area contributed by atoms with Crippen molar-refractivity contribution >= 4 is 0 Å². The molecule has 2 N–H and O–H groups in total. The summed E-state index contributed by atoms with van der Waals surface area (Å²) in [5, 5.41) is 11.6. The average molecular weight is 163 g/mol. The van der Waals surface area contributed by atoms with E-state index in [-0.39, 0.29) is 18.1 Å². The van der Waals surface area contributed by atoms with Crippen LogP contribution in [0.25, 0.3) is 0 Å². The zero-order valence-electron chi connectivity index (χ0n) is 6.06. The molecule has 2 saturated heterocycles. The molecule has 3 rings (SSSR count). The molecule has 0 spiro atoms. The van der Waals surface area contributed by atoms with E-state index in [0.29, 0.717) is 0 Å². The van der Waals surface area contributed by atoms with Crippen LogP contribution in [0.1, 0.15) is 12.8 Å². The molecule has 11 heavy (non-hydrogen) atoms. The number of nitrogens with one attached hydrogen (secondary N) is 1. The zero-order valence-corrected chi connectivity index (χ0v) is 6.06. The van der Waals surface area contributed by atoms with Crippen LogP contribution in [0.4, 0.5) is 8.78 Å². The zero-order chi connectivity index (χ0) is 8.06. The number of rotatable bonds is 2. The molecule has 3 fully saturated rings. The van der Waals surface area contributed by atoms with Gasteiger partial charge in [0.2, 0.25) is 0 Å². The van der Waals surface area contributed by atoms with Crippen LogP contribution >= 0.6 is 0 Å². The van der Waals surface area contributed by atoms with Crippen LogP contribution < -0.4 is 5.32 Å². The molecule has 1 saturated carbocycles. The number of halogens is 2. The molecule has 0 radical (unpaired) electrons. The molecular weight excluding hydrogens is 152 g/mol. The number of hydrogen-bond acceptors (Lipinski definition) is 2. The van der Waals surface area contributed by atoms with Crippen molar-refractivity contribution in [2.45, 2.75) is 30.8 Å². The van der Waals surface area contributed by atoms with Gasteiger partial charge in [0.05, 0.1) is 12.6 Å². The molecule has 0 amide bonds. The number of alkyl halides is 2. The monoisotopic (exact) mass is 163 g/mol. The highest BCUT2D eigenvalue weighted by Gasteiger charge is 2.57. The van der Waals surface area contributed by atoms with Gasteiger partial charge >= 0.3 is 0 Å². The van der Waals surface area contributed by atoms with Gasteiger partial charge in [-0.1, -0.05) is 0 Å². The quantitative estimate of drug-likeness (QED) is 0.616. The molecule has 2 heterocycles. The lowest BCUT2D eigenvalue weighted by Crippen LogP contribution is -2.47. The van der Waals surface area contributed by atoms with Crippen LogP contribution in [0.15, 0.2) is 0 Å². The molecule has 0 aromatic heterocycles. The van der Waals surface area contributed by atoms with E-state index in [1.165, 1.54) is 0 Å². The lowest BCUT2D eigenvalue weighted by Gasteiger charge is -2.35. The van der Waals surface area contributed by atoms with E-state index in [2.05, 4.69) is 5.32 Å². The van der Waals surface area contributed by atoms with Crippen LogP contribution in [-0.2, 0) is 0 Å². The van der Waals surface area contributed by atoms with Gasteiger partial charge in [0.25, 0.3) is 6.43 Å². The van der Waals surface area contributed by atoms with Gasteiger partial charge in [0.1, 0.15) is 0 Å². The SMILES string of the molecule is OCC12CC(C1)C(C(F)F)N2. The first-order valence-electron chi connectivity index (χ1n) is 3.84. The maximum absolute atomic E-state index is 12.2. The van der Waals surface area contributed by atoms with E-state index in [4.69, 9.17) is 5.11 Å². The minimum Gasteiger partial charge on any atom is -0.394 e. The average Bonchev–Trinajstić information content (AvgIpc) is 2.38. The standard InChI is InChI=1S/C7H11F2NO/c8-6(9)5-4-1-7(2-4,3-11)10-5/h4-6,10-11H,1-3H2. The first kappa shape index (κ1) is 7.43. The molecule has 2 nitrogen and oxygen atoms in total. The van der Waals surface area contributed by atoms with Crippen molar-refractivity contribution in [1.29, 1.82) is 0 Å². The van der Waals surface area contributed by atoms with Gasteiger partial charge in [-0.25, -0.2) is 8.78 Å². The largest absolute Gasteiger partial charge is 0.394 e. The highest BCUT2D eigenvalue weighted by molar-refractivity contribution is 5.13. The van der Waals surface area contributed by atoms with Gasteiger partial charge < -0.3 is 10.4 Å². The first-order chi connectivity index (χ1) is 5.17. The third-order valence-electron chi connectivity index (χ3n) is 2.86. The first-order valence-corrected chi connectivity index (χ1v) is 3.84. The van der Waals surface area contributed by atoms with Crippen LogP contribution in [0.3, 0.4) is 0 Å². The highest BCUT2D eigenvalue weighted by atomic mass is 19.3. The van der Waals surface area contributed by atoms with Crippen LogP contribution in [-0.4, -0.2) is 29.7 Å². The van der Waals surface area contributed by atoms with Crippen molar-refractivity contribution in [3.05, 3.63) is 0 Å². The lowest BCUT2D eigenvalue weighted by atomic mass is 9.72. The molecule has 2 bridgehead atoms. The van der Waals surface area contributed by atoms with Crippen molar-refractivity contribution in [1.82, 2.24) is 5.32 Å². The summed E-state index contributed by atoms with van der Waals surface area (Å²) >= 11 is 0. The minimum absolute atomic E-state index is 0.00722. The Morgan fingerprint density at radius 3 is 2.45 bits per heavy atom. The second kappa shape index (κ2) is 2.14. The van der Waals surface area contributed by atoms with Gasteiger partial charge in [-0.3, -0.25) is 0 Å². The van der Waals surface area contributed by atoms with E-state index in [1.54, 1.807) is 0 Å². The van der Waals surface area contributed by atoms with Crippen LogP contribution in [0, 0.1) is 5.92 Å². The predicted octanol–water partition coefficient (Wildman–Crippen LogP) is 0.364. The van der Waals surface area contributed by atoms with Gasteiger partial charge in [0, 0.05) is 5.54 Å². The topological polar surface area (TPSA) is 32.3 Å². The van der Waals surface area contributed by atoms with Crippen molar-refractivity contribution < 1.29 is 13.9 Å². The molecule has 1 aliphatic carbocycles. The molecule has 0 aromatic rings. The maximum Gasteiger partial charge on any atom is 0.253 e. The third kappa shape index (κ3) is 0.891. The van der Waals surface area contributed by atoms with Crippen molar-refractivity contribution in [2.24, 2.45) is 5.92 Å². The summed E-state index contributed by atoms with van der Waals surface area (Å²) in [5.74, 6) is 0.0992. The fourth-order valence-electron chi connectivity index (χ4n) is 2.23. The van der Waals surface area contributed by atoms with E-state index in [1.807, 2.05) is 0 Å². The van der Waals surface area contributed by atoms with Crippen LogP contribution in [0.5, 0.6) is 0 Å². The maximum atomic E-state index is 12.2. The Morgan fingerprint density at radius 1 is 1.55 bits per heavy atom. The van der Waals surface area contributed by atoms with E-state index in [9.17, 15) is 8.78 Å².